The molecule has 1 aromatic rings. The van der Waals surface area contributed by atoms with Crippen LogP contribution in [0.3, 0.4) is 0 Å². The number of hydrogen-bond donors (Lipinski definition) is 1. The van der Waals surface area contributed by atoms with Crippen molar-refractivity contribution in [2.45, 2.75) is 39.7 Å². The highest BCUT2D eigenvalue weighted by Crippen LogP contribution is 2.21. The van der Waals surface area contributed by atoms with Gasteiger partial charge < -0.3 is 10.1 Å². The Labute approximate surface area is 110 Å². The highest BCUT2D eigenvalue weighted by atomic mass is 19.1. The van der Waals surface area contributed by atoms with Gasteiger partial charge in [0.25, 0.3) is 0 Å². The van der Waals surface area contributed by atoms with E-state index in [0.717, 1.165) is 24.9 Å². The minimum Gasteiger partial charge on any atom is -0.494 e. The number of methoxy groups -OCH3 is 1. The molecule has 0 spiro atoms. The number of ether oxygens (including phenoxy) is 1. The number of nitrogens with one attached hydrogen (secondary N) is 1. The second-order valence-corrected chi connectivity index (χ2v) is 5.14. The Kier molecular flexibility index (Phi) is 6.13. The van der Waals surface area contributed by atoms with Gasteiger partial charge in [0.15, 0.2) is 11.6 Å². The number of halogens is 1. The van der Waals surface area contributed by atoms with Crippen molar-refractivity contribution >= 4 is 0 Å². The SMILES string of the molecule is COc1cccc(CCC(C)CNC(C)C)c1F. The summed E-state index contributed by atoms with van der Waals surface area (Å²) in [6.07, 6.45) is 1.73. The lowest BCUT2D eigenvalue weighted by molar-refractivity contribution is 0.382. The van der Waals surface area contributed by atoms with Crippen LogP contribution in [0.5, 0.6) is 5.75 Å². The molecule has 0 amide bonds. The van der Waals surface area contributed by atoms with Crippen LogP contribution in [0.15, 0.2) is 18.2 Å². The van der Waals surface area contributed by atoms with Gasteiger partial charge in [-0.3, -0.25) is 0 Å². The van der Waals surface area contributed by atoms with Gasteiger partial charge in [-0.2, -0.15) is 0 Å². The monoisotopic (exact) mass is 253 g/mol. The molecule has 102 valence electrons. The number of rotatable bonds is 7. The van der Waals surface area contributed by atoms with E-state index in [2.05, 4.69) is 26.1 Å². The van der Waals surface area contributed by atoms with Crippen molar-refractivity contribution in [2.24, 2.45) is 5.92 Å². The van der Waals surface area contributed by atoms with E-state index in [1.807, 2.05) is 12.1 Å². The van der Waals surface area contributed by atoms with E-state index in [0.29, 0.717) is 17.7 Å². The molecule has 0 saturated heterocycles. The molecule has 0 heterocycles. The summed E-state index contributed by atoms with van der Waals surface area (Å²) < 4.78 is 18.9. The Morgan fingerprint density at radius 3 is 2.61 bits per heavy atom. The molecule has 1 N–H and O–H groups in total. The molecule has 1 unspecified atom stereocenters. The van der Waals surface area contributed by atoms with E-state index in [9.17, 15) is 4.39 Å². The molecule has 3 heteroatoms. The third-order valence-electron chi connectivity index (χ3n) is 3.04. The summed E-state index contributed by atoms with van der Waals surface area (Å²) in [5, 5.41) is 3.40. The molecular formula is C15H24FNO. The zero-order chi connectivity index (χ0) is 13.5. The normalized spacial score (nSPS) is 12.8. The maximum Gasteiger partial charge on any atom is 0.168 e. The fourth-order valence-corrected chi connectivity index (χ4v) is 1.85. The van der Waals surface area contributed by atoms with E-state index >= 15 is 0 Å². The summed E-state index contributed by atoms with van der Waals surface area (Å²) in [4.78, 5) is 0. The van der Waals surface area contributed by atoms with Crippen molar-refractivity contribution in [3.05, 3.63) is 29.6 Å². The predicted molar refractivity (Wildman–Crippen MR) is 73.6 cm³/mol. The Morgan fingerprint density at radius 1 is 1.28 bits per heavy atom. The summed E-state index contributed by atoms with van der Waals surface area (Å²) in [7, 11) is 1.50. The molecule has 0 aliphatic rings. The van der Waals surface area contributed by atoms with Gasteiger partial charge in [0.1, 0.15) is 0 Å². The summed E-state index contributed by atoms with van der Waals surface area (Å²) in [5.74, 6) is 0.655. The minimum absolute atomic E-state index is 0.219. The van der Waals surface area contributed by atoms with Crippen LogP contribution < -0.4 is 10.1 Å². The smallest absolute Gasteiger partial charge is 0.168 e. The van der Waals surface area contributed by atoms with Crippen molar-refractivity contribution < 1.29 is 9.13 Å². The average Bonchev–Trinajstić information content (AvgIpc) is 2.35. The lowest BCUT2D eigenvalue weighted by Gasteiger charge is -2.15. The zero-order valence-corrected chi connectivity index (χ0v) is 11.8. The van der Waals surface area contributed by atoms with E-state index < -0.39 is 0 Å². The largest absolute Gasteiger partial charge is 0.494 e. The average molecular weight is 253 g/mol. The third-order valence-corrected chi connectivity index (χ3v) is 3.04. The molecule has 0 fully saturated rings. The van der Waals surface area contributed by atoms with E-state index in [-0.39, 0.29) is 5.82 Å². The third kappa shape index (κ3) is 4.65. The minimum atomic E-state index is -0.219. The highest BCUT2D eigenvalue weighted by Gasteiger charge is 2.10. The topological polar surface area (TPSA) is 21.3 Å². The van der Waals surface area contributed by atoms with Crippen LogP contribution in [0.2, 0.25) is 0 Å². The summed E-state index contributed by atoms with van der Waals surface area (Å²) in [6.45, 7) is 7.43. The molecule has 1 rings (SSSR count). The van der Waals surface area contributed by atoms with Gasteiger partial charge in [-0.15, -0.1) is 0 Å². The van der Waals surface area contributed by atoms with Gasteiger partial charge in [-0.1, -0.05) is 32.9 Å². The Hall–Kier alpha value is -1.09. The van der Waals surface area contributed by atoms with Crippen molar-refractivity contribution in [3.63, 3.8) is 0 Å². The number of hydrogen-bond acceptors (Lipinski definition) is 2. The lowest BCUT2D eigenvalue weighted by Crippen LogP contribution is -2.28. The second-order valence-electron chi connectivity index (χ2n) is 5.14. The fourth-order valence-electron chi connectivity index (χ4n) is 1.85. The summed E-state index contributed by atoms with van der Waals surface area (Å²) in [6, 6.07) is 5.83. The van der Waals surface area contributed by atoms with Crippen LogP contribution in [0, 0.1) is 11.7 Å². The lowest BCUT2D eigenvalue weighted by atomic mass is 10.0. The molecule has 0 aliphatic carbocycles. The predicted octanol–water partition coefficient (Wildman–Crippen LogP) is 3.40. The first-order chi connectivity index (χ1) is 8.54. The van der Waals surface area contributed by atoms with Crippen LogP contribution in [0.25, 0.3) is 0 Å². The second kappa shape index (κ2) is 7.37. The van der Waals surface area contributed by atoms with Crippen LogP contribution in [-0.2, 0) is 6.42 Å². The van der Waals surface area contributed by atoms with Crippen LogP contribution in [0.1, 0.15) is 32.8 Å². The summed E-state index contributed by atoms with van der Waals surface area (Å²) in [5.41, 5.74) is 0.741. The van der Waals surface area contributed by atoms with E-state index in [4.69, 9.17) is 4.74 Å². The van der Waals surface area contributed by atoms with Gasteiger partial charge in [0.2, 0.25) is 0 Å². The molecular weight excluding hydrogens is 229 g/mol. The van der Waals surface area contributed by atoms with E-state index in [1.165, 1.54) is 7.11 Å². The quantitative estimate of drug-likeness (QED) is 0.804. The van der Waals surface area contributed by atoms with E-state index in [1.54, 1.807) is 6.07 Å². The van der Waals surface area contributed by atoms with Gasteiger partial charge >= 0.3 is 0 Å². The van der Waals surface area contributed by atoms with Gasteiger partial charge in [-0.25, -0.2) is 4.39 Å². The molecule has 2 nitrogen and oxygen atoms in total. The Bertz CT molecular complexity index is 366. The van der Waals surface area contributed by atoms with Gasteiger partial charge in [0.05, 0.1) is 7.11 Å². The molecule has 0 aliphatic heterocycles. The maximum absolute atomic E-state index is 13.9. The Balaban J connectivity index is 2.48. The van der Waals surface area contributed by atoms with Crippen LogP contribution in [-0.4, -0.2) is 19.7 Å². The molecule has 1 aromatic carbocycles. The van der Waals surface area contributed by atoms with Gasteiger partial charge in [0, 0.05) is 6.04 Å². The van der Waals surface area contributed by atoms with Gasteiger partial charge in [-0.05, 0) is 36.9 Å². The first-order valence-electron chi connectivity index (χ1n) is 6.59. The maximum atomic E-state index is 13.9. The van der Waals surface area contributed by atoms with Crippen molar-refractivity contribution in [1.82, 2.24) is 5.32 Å². The zero-order valence-electron chi connectivity index (χ0n) is 11.8. The van der Waals surface area contributed by atoms with Crippen molar-refractivity contribution in [2.75, 3.05) is 13.7 Å². The Morgan fingerprint density at radius 2 is 2.00 bits per heavy atom. The van der Waals surface area contributed by atoms with Crippen LogP contribution >= 0.6 is 0 Å². The standard InChI is InChI=1S/C15H24FNO/c1-11(2)17-10-12(3)8-9-13-6-5-7-14(18-4)15(13)16/h5-7,11-12,17H,8-10H2,1-4H3. The van der Waals surface area contributed by atoms with Crippen LogP contribution in [0.4, 0.5) is 4.39 Å². The molecule has 0 aromatic heterocycles. The highest BCUT2D eigenvalue weighted by molar-refractivity contribution is 5.31. The number of aryl methyl sites for hydroxylation is 1. The molecule has 0 bridgehead atoms. The fraction of sp³-hybridized carbons (Fsp3) is 0.600. The first kappa shape index (κ1) is 15.0. The van der Waals surface area contributed by atoms with Crippen molar-refractivity contribution in [3.8, 4) is 5.75 Å². The first-order valence-corrected chi connectivity index (χ1v) is 6.59. The molecule has 1 atom stereocenters. The molecule has 0 radical (unpaired) electrons. The molecule has 18 heavy (non-hydrogen) atoms. The van der Waals surface area contributed by atoms with Crippen molar-refractivity contribution in [1.29, 1.82) is 0 Å². The number of benzene rings is 1. The molecule has 0 saturated carbocycles. The summed E-state index contributed by atoms with van der Waals surface area (Å²) >= 11 is 0.